The summed E-state index contributed by atoms with van der Waals surface area (Å²) in [5.41, 5.74) is 7.21. The summed E-state index contributed by atoms with van der Waals surface area (Å²) < 4.78 is 11.0. The van der Waals surface area contributed by atoms with Crippen molar-refractivity contribution in [2.75, 3.05) is 5.73 Å². The van der Waals surface area contributed by atoms with Crippen LogP contribution in [0.25, 0.3) is 11.2 Å². The highest BCUT2D eigenvalue weighted by molar-refractivity contribution is 6.32. The molecule has 0 aliphatic heterocycles. The van der Waals surface area contributed by atoms with Crippen LogP contribution in [0.15, 0.2) is 40.9 Å². The lowest BCUT2D eigenvalue weighted by molar-refractivity contribution is 0.266. The van der Waals surface area contributed by atoms with Gasteiger partial charge in [0.05, 0.1) is 16.9 Å². The van der Waals surface area contributed by atoms with Crippen molar-refractivity contribution in [3.05, 3.63) is 47.4 Å². The normalized spacial score (nSPS) is 10.8. The van der Waals surface area contributed by atoms with Gasteiger partial charge >= 0.3 is 0 Å². The molecule has 5 nitrogen and oxygen atoms in total. The zero-order valence-electron chi connectivity index (χ0n) is 9.84. The van der Waals surface area contributed by atoms with Gasteiger partial charge in [-0.3, -0.25) is 0 Å². The summed E-state index contributed by atoms with van der Waals surface area (Å²) in [7, 11) is 0. The fraction of sp³-hybridized carbons (Fsp3) is 0.0769. The average molecular weight is 276 g/mol. The van der Waals surface area contributed by atoms with E-state index in [9.17, 15) is 0 Å². The molecule has 2 N–H and O–H groups in total. The van der Waals surface area contributed by atoms with E-state index in [1.165, 1.54) is 6.20 Å². The minimum Gasteiger partial charge on any atom is -0.482 e. The quantitative estimate of drug-likeness (QED) is 0.795. The van der Waals surface area contributed by atoms with Crippen LogP contribution in [0.2, 0.25) is 5.02 Å². The molecule has 6 heteroatoms. The summed E-state index contributed by atoms with van der Waals surface area (Å²) in [6.45, 7) is 0.181. The number of aromatic nitrogens is 2. The fourth-order valence-electron chi connectivity index (χ4n) is 1.65. The Balaban J connectivity index is 1.80. The SMILES string of the molecule is Nc1cnc2oc(COc3ccccc3Cl)nc2c1. The van der Waals surface area contributed by atoms with Gasteiger partial charge in [0.2, 0.25) is 11.6 Å². The fourth-order valence-corrected chi connectivity index (χ4v) is 1.84. The van der Waals surface area contributed by atoms with Gasteiger partial charge in [0.15, 0.2) is 6.61 Å². The lowest BCUT2D eigenvalue weighted by atomic mass is 10.3. The Morgan fingerprint density at radius 2 is 2.16 bits per heavy atom. The molecule has 0 bridgehead atoms. The first-order valence-electron chi connectivity index (χ1n) is 5.60. The van der Waals surface area contributed by atoms with Crippen molar-refractivity contribution < 1.29 is 9.15 Å². The topological polar surface area (TPSA) is 74.2 Å². The lowest BCUT2D eigenvalue weighted by Crippen LogP contribution is -1.95. The summed E-state index contributed by atoms with van der Waals surface area (Å²) in [5, 5.41) is 0.543. The highest BCUT2D eigenvalue weighted by atomic mass is 35.5. The molecule has 3 aromatic rings. The molecule has 0 radical (unpaired) electrons. The number of anilines is 1. The monoisotopic (exact) mass is 275 g/mol. The number of halogens is 1. The van der Waals surface area contributed by atoms with Crippen LogP contribution in [-0.4, -0.2) is 9.97 Å². The van der Waals surface area contributed by atoms with Gasteiger partial charge in [0, 0.05) is 0 Å². The number of rotatable bonds is 3. The molecule has 2 aromatic heterocycles. The first-order chi connectivity index (χ1) is 9.22. The number of hydrogen-bond acceptors (Lipinski definition) is 5. The number of benzene rings is 1. The Kier molecular flexibility index (Phi) is 2.97. The molecule has 0 unspecified atom stereocenters. The summed E-state index contributed by atoms with van der Waals surface area (Å²) in [6, 6.07) is 8.91. The molecule has 2 heterocycles. The van der Waals surface area contributed by atoms with E-state index >= 15 is 0 Å². The second-order valence-corrected chi connectivity index (χ2v) is 4.33. The van der Waals surface area contributed by atoms with Crippen molar-refractivity contribution >= 4 is 28.5 Å². The van der Waals surface area contributed by atoms with Crippen LogP contribution >= 0.6 is 11.6 Å². The molecule has 0 saturated carbocycles. The number of nitrogens with two attached hydrogens (primary N) is 1. The maximum atomic E-state index is 5.99. The number of nitrogen functional groups attached to an aromatic ring is 1. The highest BCUT2D eigenvalue weighted by Crippen LogP contribution is 2.24. The Morgan fingerprint density at radius 1 is 1.32 bits per heavy atom. The molecule has 0 amide bonds. The van der Waals surface area contributed by atoms with Gasteiger partial charge in [-0.25, -0.2) is 9.97 Å². The molecule has 0 aliphatic rings. The van der Waals surface area contributed by atoms with Crippen LogP contribution in [0.4, 0.5) is 5.69 Å². The van der Waals surface area contributed by atoms with Gasteiger partial charge in [0.25, 0.3) is 0 Å². The van der Waals surface area contributed by atoms with Crippen molar-refractivity contribution in [1.29, 1.82) is 0 Å². The van der Waals surface area contributed by atoms with Crippen molar-refractivity contribution in [1.82, 2.24) is 9.97 Å². The zero-order chi connectivity index (χ0) is 13.2. The van der Waals surface area contributed by atoms with Crippen molar-refractivity contribution in [3.8, 4) is 5.75 Å². The van der Waals surface area contributed by atoms with Crippen molar-refractivity contribution in [3.63, 3.8) is 0 Å². The minimum atomic E-state index is 0.181. The number of ether oxygens (including phenoxy) is 1. The molecule has 96 valence electrons. The number of fused-ring (bicyclic) bond motifs is 1. The van der Waals surface area contributed by atoms with Gasteiger partial charge in [0.1, 0.15) is 11.3 Å². The molecular formula is C13H10ClN3O2. The van der Waals surface area contributed by atoms with E-state index in [4.69, 9.17) is 26.5 Å². The Labute approximate surface area is 114 Å². The van der Waals surface area contributed by atoms with Gasteiger partial charge in [-0.2, -0.15) is 0 Å². The predicted molar refractivity (Wildman–Crippen MR) is 72.0 cm³/mol. The summed E-state index contributed by atoms with van der Waals surface area (Å²) in [6.07, 6.45) is 1.52. The van der Waals surface area contributed by atoms with E-state index in [-0.39, 0.29) is 6.61 Å². The van der Waals surface area contributed by atoms with Crippen molar-refractivity contribution in [2.24, 2.45) is 0 Å². The highest BCUT2D eigenvalue weighted by Gasteiger charge is 2.08. The molecule has 0 spiro atoms. The van der Waals surface area contributed by atoms with Gasteiger partial charge in [-0.15, -0.1) is 0 Å². The van der Waals surface area contributed by atoms with Crippen molar-refractivity contribution in [2.45, 2.75) is 6.61 Å². The van der Waals surface area contributed by atoms with E-state index in [2.05, 4.69) is 9.97 Å². The van der Waals surface area contributed by atoms with Crippen LogP contribution in [0.1, 0.15) is 5.89 Å². The summed E-state index contributed by atoms with van der Waals surface area (Å²) in [4.78, 5) is 8.28. The Morgan fingerprint density at radius 3 is 3.00 bits per heavy atom. The third-order valence-electron chi connectivity index (χ3n) is 2.50. The molecule has 0 aliphatic carbocycles. The molecule has 3 rings (SSSR count). The first kappa shape index (κ1) is 11.8. The van der Waals surface area contributed by atoms with E-state index in [1.54, 1.807) is 18.2 Å². The van der Waals surface area contributed by atoms with E-state index in [0.29, 0.717) is 33.6 Å². The molecule has 19 heavy (non-hydrogen) atoms. The maximum absolute atomic E-state index is 5.99. The van der Waals surface area contributed by atoms with E-state index in [0.717, 1.165) is 0 Å². The van der Waals surface area contributed by atoms with E-state index < -0.39 is 0 Å². The Hall–Kier alpha value is -2.27. The second-order valence-electron chi connectivity index (χ2n) is 3.92. The molecular weight excluding hydrogens is 266 g/mol. The predicted octanol–water partition coefficient (Wildman–Crippen LogP) is 3.04. The number of pyridine rings is 1. The smallest absolute Gasteiger partial charge is 0.247 e. The summed E-state index contributed by atoms with van der Waals surface area (Å²) >= 11 is 5.99. The summed E-state index contributed by atoms with van der Waals surface area (Å²) in [5.74, 6) is 1.01. The zero-order valence-corrected chi connectivity index (χ0v) is 10.6. The van der Waals surface area contributed by atoms with E-state index in [1.807, 2.05) is 12.1 Å². The van der Waals surface area contributed by atoms with Crippen LogP contribution in [-0.2, 0) is 6.61 Å². The Bertz CT molecular complexity index is 727. The lowest BCUT2D eigenvalue weighted by Gasteiger charge is -2.04. The van der Waals surface area contributed by atoms with Crippen LogP contribution in [0.3, 0.4) is 0 Å². The molecule has 0 fully saturated rings. The third-order valence-corrected chi connectivity index (χ3v) is 2.81. The number of para-hydroxylation sites is 1. The van der Waals surface area contributed by atoms with Gasteiger partial charge < -0.3 is 14.9 Å². The number of hydrogen-bond donors (Lipinski definition) is 1. The maximum Gasteiger partial charge on any atom is 0.247 e. The van der Waals surface area contributed by atoms with Gasteiger partial charge in [-0.05, 0) is 18.2 Å². The second kappa shape index (κ2) is 4.78. The van der Waals surface area contributed by atoms with Crippen LogP contribution < -0.4 is 10.5 Å². The third kappa shape index (κ3) is 2.46. The van der Waals surface area contributed by atoms with Gasteiger partial charge in [-0.1, -0.05) is 23.7 Å². The molecule has 0 saturated heterocycles. The average Bonchev–Trinajstić information content (AvgIpc) is 2.79. The van der Waals surface area contributed by atoms with Crippen LogP contribution in [0, 0.1) is 0 Å². The van der Waals surface area contributed by atoms with Crippen LogP contribution in [0.5, 0.6) is 5.75 Å². The molecule has 1 aromatic carbocycles. The number of nitrogens with zero attached hydrogens (tertiary/aromatic N) is 2. The number of oxazole rings is 1. The standard InChI is InChI=1S/C13H10ClN3O2/c14-9-3-1-2-4-11(9)18-7-12-17-10-5-8(15)6-16-13(10)19-12/h1-6H,7,15H2. The minimum absolute atomic E-state index is 0.181. The molecule has 0 atom stereocenters. The largest absolute Gasteiger partial charge is 0.482 e. The first-order valence-corrected chi connectivity index (χ1v) is 5.98.